The summed E-state index contributed by atoms with van der Waals surface area (Å²) in [6.45, 7) is 6.61. The topological polar surface area (TPSA) is 47.0 Å². The Labute approximate surface area is 110 Å². The Balaban J connectivity index is 2.35. The maximum Gasteiger partial charge on any atom is 0.144 e. The van der Waals surface area contributed by atoms with Crippen LogP contribution in [0.1, 0.15) is 37.7 Å². The van der Waals surface area contributed by atoms with E-state index >= 15 is 0 Å². The highest BCUT2D eigenvalue weighted by molar-refractivity contribution is 9.10. The van der Waals surface area contributed by atoms with Crippen molar-refractivity contribution in [3.8, 4) is 0 Å². The molecule has 2 heterocycles. The molecule has 0 aliphatic carbocycles. The highest BCUT2D eigenvalue weighted by Crippen LogP contribution is 2.29. The number of nitrogens with zero attached hydrogens (tertiary/aromatic N) is 2. The number of aryl methyl sites for hydroxylation is 1. The molecule has 0 saturated carbocycles. The van der Waals surface area contributed by atoms with Crippen molar-refractivity contribution >= 4 is 21.7 Å². The van der Waals surface area contributed by atoms with Crippen LogP contribution < -0.4 is 5.32 Å². The number of nitrogens with one attached hydrogen (secondary N) is 1. The summed E-state index contributed by atoms with van der Waals surface area (Å²) < 4.78 is 6.39. The molecule has 1 saturated heterocycles. The van der Waals surface area contributed by atoms with Gasteiger partial charge in [-0.3, -0.25) is 0 Å². The van der Waals surface area contributed by atoms with E-state index in [1.165, 1.54) is 0 Å². The molecule has 2 rings (SSSR count). The molecule has 1 aliphatic rings. The van der Waals surface area contributed by atoms with Gasteiger partial charge in [0.1, 0.15) is 11.6 Å². The average molecular weight is 300 g/mol. The maximum absolute atomic E-state index is 5.40. The molecule has 5 heteroatoms. The van der Waals surface area contributed by atoms with Gasteiger partial charge >= 0.3 is 0 Å². The maximum atomic E-state index is 5.40. The highest BCUT2D eigenvalue weighted by atomic mass is 79.9. The monoisotopic (exact) mass is 299 g/mol. The number of anilines is 1. The quantitative estimate of drug-likeness (QED) is 0.929. The zero-order chi connectivity index (χ0) is 12.3. The molecule has 0 spiro atoms. The Bertz CT molecular complexity index is 392. The molecule has 0 amide bonds. The molecule has 1 atom stereocenters. The van der Waals surface area contributed by atoms with Crippen LogP contribution in [0.3, 0.4) is 0 Å². The summed E-state index contributed by atoms with van der Waals surface area (Å²) in [5.74, 6) is 2.17. The summed E-state index contributed by atoms with van der Waals surface area (Å²) in [7, 11) is 0. The van der Waals surface area contributed by atoms with Gasteiger partial charge in [-0.15, -0.1) is 0 Å². The number of halogens is 1. The summed E-state index contributed by atoms with van der Waals surface area (Å²) in [5, 5.41) is 3.28. The predicted octanol–water partition coefficient (Wildman–Crippen LogP) is 2.74. The first-order valence-corrected chi connectivity index (χ1v) is 6.93. The van der Waals surface area contributed by atoms with Gasteiger partial charge in [-0.2, -0.15) is 0 Å². The summed E-state index contributed by atoms with van der Waals surface area (Å²) in [4.78, 5) is 9.24. The number of ether oxygens (including phenoxy) is 1. The van der Waals surface area contributed by atoms with Crippen LogP contribution in [0.5, 0.6) is 0 Å². The van der Waals surface area contributed by atoms with E-state index in [1.54, 1.807) is 0 Å². The molecule has 0 bridgehead atoms. The van der Waals surface area contributed by atoms with Crippen molar-refractivity contribution in [2.75, 3.05) is 25.1 Å². The van der Waals surface area contributed by atoms with Crippen molar-refractivity contribution in [1.29, 1.82) is 0 Å². The second kappa shape index (κ2) is 5.78. The van der Waals surface area contributed by atoms with Gasteiger partial charge in [-0.25, -0.2) is 9.97 Å². The predicted molar refractivity (Wildman–Crippen MR) is 71.5 cm³/mol. The van der Waals surface area contributed by atoms with E-state index in [2.05, 4.69) is 45.1 Å². The smallest absolute Gasteiger partial charge is 0.144 e. The van der Waals surface area contributed by atoms with Crippen LogP contribution in [-0.4, -0.2) is 29.7 Å². The molecule has 0 radical (unpaired) electrons. The third-order valence-electron chi connectivity index (χ3n) is 2.91. The zero-order valence-electron chi connectivity index (χ0n) is 10.3. The van der Waals surface area contributed by atoms with Gasteiger partial charge in [0, 0.05) is 19.1 Å². The van der Waals surface area contributed by atoms with Crippen LogP contribution in [-0.2, 0) is 11.2 Å². The molecule has 1 N–H and O–H groups in total. The lowest BCUT2D eigenvalue weighted by Gasteiger charge is -2.13. The van der Waals surface area contributed by atoms with Crippen LogP contribution in [0.15, 0.2) is 4.47 Å². The first kappa shape index (κ1) is 12.8. The first-order valence-electron chi connectivity index (χ1n) is 6.14. The molecular formula is C12H18BrN3O. The second-order valence-corrected chi connectivity index (χ2v) is 4.93. The minimum Gasteiger partial charge on any atom is -0.381 e. The van der Waals surface area contributed by atoms with Crippen molar-refractivity contribution in [1.82, 2.24) is 9.97 Å². The zero-order valence-corrected chi connectivity index (χ0v) is 11.9. The van der Waals surface area contributed by atoms with E-state index in [0.29, 0.717) is 5.92 Å². The van der Waals surface area contributed by atoms with Crippen molar-refractivity contribution in [2.24, 2.45) is 0 Å². The second-order valence-electron chi connectivity index (χ2n) is 4.14. The summed E-state index contributed by atoms with van der Waals surface area (Å²) in [5.41, 5.74) is 1.07. The summed E-state index contributed by atoms with van der Waals surface area (Å²) in [6.07, 6.45) is 1.93. The largest absolute Gasteiger partial charge is 0.381 e. The number of rotatable bonds is 4. The van der Waals surface area contributed by atoms with E-state index in [-0.39, 0.29) is 0 Å². The molecular weight excluding hydrogens is 282 g/mol. The van der Waals surface area contributed by atoms with E-state index in [1.807, 2.05) is 0 Å². The van der Waals surface area contributed by atoms with Crippen LogP contribution in [0.2, 0.25) is 0 Å². The fourth-order valence-electron chi connectivity index (χ4n) is 1.95. The Kier molecular flexibility index (Phi) is 4.34. The third-order valence-corrected chi connectivity index (χ3v) is 3.74. The van der Waals surface area contributed by atoms with E-state index in [9.17, 15) is 0 Å². The van der Waals surface area contributed by atoms with Gasteiger partial charge in [0.25, 0.3) is 0 Å². The van der Waals surface area contributed by atoms with E-state index < -0.39 is 0 Å². The van der Waals surface area contributed by atoms with Crippen molar-refractivity contribution in [3.63, 3.8) is 0 Å². The van der Waals surface area contributed by atoms with Crippen LogP contribution in [0.25, 0.3) is 0 Å². The van der Waals surface area contributed by atoms with Gasteiger partial charge in [0.05, 0.1) is 16.8 Å². The lowest BCUT2D eigenvalue weighted by Crippen LogP contribution is -2.11. The molecule has 1 aromatic heterocycles. The number of hydrogen-bond donors (Lipinski definition) is 1. The molecule has 1 fully saturated rings. The molecule has 1 unspecified atom stereocenters. The molecule has 1 aliphatic heterocycles. The molecule has 17 heavy (non-hydrogen) atoms. The Morgan fingerprint density at radius 2 is 2.24 bits per heavy atom. The first-order chi connectivity index (χ1) is 8.26. The van der Waals surface area contributed by atoms with Crippen molar-refractivity contribution in [3.05, 3.63) is 16.0 Å². The van der Waals surface area contributed by atoms with Gasteiger partial charge in [-0.1, -0.05) is 6.92 Å². The minimum absolute atomic E-state index is 0.353. The van der Waals surface area contributed by atoms with Gasteiger partial charge < -0.3 is 10.1 Å². The van der Waals surface area contributed by atoms with E-state index in [0.717, 1.165) is 54.4 Å². The van der Waals surface area contributed by atoms with Crippen LogP contribution >= 0.6 is 15.9 Å². The van der Waals surface area contributed by atoms with Crippen LogP contribution in [0.4, 0.5) is 5.82 Å². The Hall–Kier alpha value is -0.680. The molecule has 94 valence electrons. The molecule has 1 aromatic rings. The minimum atomic E-state index is 0.353. The van der Waals surface area contributed by atoms with Crippen molar-refractivity contribution in [2.45, 2.75) is 32.6 Å². The lowest BCUT2D eigenvalue weighted by molar-refractivity contribution is 0.193. The summed E-state index contributed by atoms with van der Waals surface area (Å²) >= 11 is 3.57. The van der Waals surface area contributed by atoms with Crippen LogP contribution in [0, 0.1) is 0 Å². The van der Waals surface area contributed by atoms with Crippen molar-refractivity contribution < 1.29 is 4.74 Å². The molecule has 4 nitrogen and oxygen atoms in total. The summed E-state index contributed by atoms with van der Waals surface area (Å²) in [6, 6.07) is 0. The average Bonchev–Trinajstić information content (AvgIpc) is 2.85. The lowest BCUT2D eigenvalue weighted by atomic mass is 10.1. The third kappa shape index (κ3) is 2.77. The normalized spacial score (nSPS) is 19.6. The van der Waals surface area contributed by atoms with Gasteiger partial charge in [0.15, 0.2) is 0 Å². The highest BCUT2D eigenvalue weighted by Gasteiger charge is 2.22. The number of aromatic nitrogens is 2. The van der Waals surface area contributed by atoms with Gasteiger partial charge in [0.2, 0.25) is 0 Å². The van der Waals surface area contributed by atoms with Gasteiger partial charge in [-0.05, 0) is 35.7 Å². The number of hydrogen-bond acceptors (Lipinski definition) is 4. The fourth-order valence-corrected chi connectivity index (χ4v) is 2.55. The standard InChI is InChI=1S/C12H18BrN3O/c1-3-9-10(13)12(14-4-2)16-11(15-9)8-5-6-17-7-8/h8H,3-7H2,1-2H3,(H,14,15,16). The SMILES string of the molecule is CCNc1nc(C2CCOC2)nc(CC)c1Br. The van der Waals surface area contributed by atoms with E-state index in [4.69, 9.17) is 4.74 Å². The molecule has 0 aromatic carbocycles. The Morgan fingerprint density at radius 1 is 1.41 bits per heavy atom. The Morgan fingerprint density at radius 3 is 2.82 bits per heavy atom. The fraction of sp³-hybridized carbons (Fsp3) is 0.667.